The molecule has 1 aromatic heterocycles. The van der Waals surface area contributed by atoms with Crippen molar-refractivity contribution >= 4 is 0 Å². The van der Waals surface area contributed by atoms with Gasteiger partial charge in [-0.15, -0.1) is 0 Å². The van der Waals surface area contributed by atoms with Crippen LogP contribution in [-0.2, 0) is 13.5 Å². The van der Waals surface area contributed by atoms with Gasteiger partial charge in [0.25, 0.3) is 0 Å². The summed E-state index contributed by atoms with van der Waals surface area (Å²) in [6.07, 6.45) is 9.15. The molecule has 1 fully saturated rings. The van der Waals surface area contributed by atoms with Crippen molar-refractivity contribution in [2.75, 3.05) is 0 Å². The topological polar surface area (TPSA) is 38.0 Å². The van der Waals surface area contributed by atoms with E-state index in [-0.39, 0.29) is 6.10 Å². The third-order valence-corrected chi connectivity index (χ3v) is 3.26. The van der Waals surface area contributed by atoms with Gasteiger partial charge in [0.2, 0.25) is 0 Å². The molecule has 1 aliphatic rings. The minimum atomic E-state index is -0.196. The van der Waals surface area contributed by atoms with Crippen LogP contribution in [0.5, 0.6) is 0 Å². The van der Waals surface area contributed by atoms with E-state index in [0.29, 0.717) is 12.3 Å². The van der Waals surface area contributed by atoms with Crippen molar-refractivity contribution < 1.29 is 5.11 Å². The Morgan fingerprint density at radius 3 is 2.86 bits per heavy atom. The first kappa shape index (κ1) is 9.71. The number of hydrogen-bond donors (Lipinski definition) is 1. The molecular formula is C11H18N2O. The summed E-state index contributed by atoms with van der Waals surface area (Å²) in [5.74, 6) is 1.50. The molecule has 3 heteroatoms. The fourth-order valence-corrected chi connectivity index (χ4v) is 2.29. The molecule has 1 N–H and O–H groups in total. The molecule has 1 saturated carbocycles. The zero-order valence-electron chi connectivity index (χ0n) is 8.69. The van der Waals surface area contributed by atoms with Crippen LogP contribution in [0.25, 0.3) is 0 Å². The highest BCUT2D eigenvalue weighted by Crippen LogP contribution is 2.28. The van der Waals surface area contributed by atoms with E-state index in [2.05, 4.69) is 4.98 Å². The molecule has 0 saturated heterocycles. The van der Waals surface area contributed by atoms with Gasteiger partial charge in [0.05, 0.1) is 6.10 Å². The van der Waals surface area contributed by atoms with Gasteiger partial charge in [-0.2, -0.15) is 0 Å². The van der Waals surface area contributed by atoms with Gasteiger partial charge < -0.3 is 9.67 Å². The molecule has 1 unspecified atom stereocenters. The van der Waals surface area contributed by atoms with Crippen molar-refractivity contribution in [2.45, 2.75) is 38.2 Å². The van der Waals surface area contributed by atoms with Gasteiger partial charge in [0.1, 0.15) is 5.82 Å². The monoisotopic (exact) mass is 194 g/mol. The minimum absolute atomic E-state index is 0.196. The molecule has 3 nitrogen and oxygen atoms in total. The Balaban J connectivity index is 1.93. The van der Waals surface area contributed by atoms with Gasteiger partial charge >= 0.3 is 0 Å². The highest BCUT2D eigenvalue weighted by atomic mass is 16.3. The highest BCUT2D eigenvalue weighted by Gasteiger charge is 2.24. The maximum absolute atomic E-state index is 9.99. The molecule has 1 atom stereocenters. The fraction of sp³-hybridized carbons (Fsp3) is 0.727. The van der Waals surface area contributed by atoms with Crippen LogP contribution in [0, 0.1) is 5.92 Å². The second-order valence-corrected chi connectivity index (χ2v) is 4.27. The lowest BCUT2D eigenvalue weighted by Gasteiger charge is -2.16. The summed E-state index contributed by atoms with van der Waals surface area (Å²) in [7, 11) is 1.98. The molecule has 0 bridgehead atoms. The fourth-order valence-electron chi connectivity index (χ4n) is 2.29. The van der Waals surface area contributed by atoms with Crippen LogP contribution < -0.4 is 0 Å². The number of aryl methyl sites for hydroxylation is 1. The Morgan fingerprint density at radius 1 is 1.57 bits per heavy atom. The van der Waals surface area contributed by atoms with Gasteiger partial charge in [-0.1, -0.05) is 12.8 Å². The third-order valence-electron chi connectivity index (χ3n) is 3.26. The first-order valence-corrected chi connectivity index (χ1v) is 5.41. The van der Waals surface area contributed by atoms with Crippen LogP contribution in [0.3, 0.4) is 0 Å². The molecule has 2 rings (SSSR count). The maximum atomic E-state index is 9.99. The average molecular weight is 194 g/mol. The zero-order valence-corrected chi connectivity index (χ0v) is 8.69. The molecular weight excluding hydrogens is 176 g/mol. The second-order valence-electron chi connectivity index (χ2n) is 4.27. The van der Waals surface area contributed by atoms with Crippen molar-refractivity contribution in [3.63, 3.8) is 0 Å². The number of imidazole rings is 1. The summed E-state index contributed by atoms with van der Waals surface area (Å²) in [6, 6.07) is 0. The van der Waals surface area contributed by atoms with Crippen molar-refractivity contribution in [3.05, 3.63) is 18.2 Å². The number of aliphatic hydroxyl groups excluding tert-OH is 1. The van der Waals surface area contributed by atoms with Crippen LogP contribution in [0.2, 0.25) is 0 Å². The van der Waals surface area contributed by atoms with Crippen LogP contribution in [-0.4, -0.2) is 20.8 Å². The second kappa shape index (κ2) is 4.13. The molecule has 0 aliphatic heterocycles. The van der Waals surface area contributed by atoms with E-state index in [9.17, 15) is 5.11 Å². The molecule has 1 aliphatic carbocycles. The Bertz CT molecular complexity index is 289. The van der Waals surface area contributed by atoms with E-state index in [1.807, 2.05) is 17.8 Å². The lowest BCUT2D eigenvalue weighted by atomic mass is 9.98. The summed E-state index contributed by atoms with van der Waals surface area (Å²) >= 11 is 0. The van der Waals surface area contributed by atoms with E-state index in [4.69, 9.17) is 0 Å². The van der Waals surface area contributed by atoms with E-state index >= 15 is 0 Å². The third kappa shape index (κ3) is 1.98. The Morgan fingerprint density at radius 2 is 2.29 bits per heavy atom. The normalized spacial score (nSPS) is 20.1. The average Bonchev–Trinajstić information content (AvgIpc) is 2.77. The van der Waals surface area contributed by atoms with Crippen molar-refractivity contribution in [1.82, 2.24) is 9.55 Å². The van der Waals surface area contributed by atoms with Crippen molar-refractivity contribution in [2.24, 2.45) is 13.0 Å². The number of hydrogen-bond acceptors (Lipinski definition) is 2. The first-order chi connectivity index (χ1) is 6.77. The number of aromatic nitrogens is 2. The van der Waals surface area contributed by atoms with Crippen LogP contribution in [0.4, 0.5) is 0 Å². The first-order valence-electron chi connectivity index (χ1n) is 5.41. The molecule has 14 heavy (non-hydrogen) atoms. The standard InChI is InChI=1S/C11H18N2O/c1-13-7-6-12-11(13)8-10(14)9-4-2-3-5-9/h6-7,9-10,14H,2-5,8H2,1H3. The van der Waals surface area contributed by atoms with Crippen molar-refractivity contribution in [3.8, 4) is 0 Å². The van der Waals surface area contributed by atoms with Gasteiger partial charge in [-0.3, -0.25) is 0 Å². The summed E-state index contributed by atoms with van der Waals surface area (Å²) in [4.78, 5) is 4.23. The minimum Gasteiger partial charge on any atom is -0.392 e. The van der Waals surface area contributed by atoms with Crippen molar-refractivity contribution in [1.29, 1.82) is 0 Å². The molecule has 0 aromatic carbocycles. The number of rotatable bonds is 3. The molecule has 0 radical (unpaired) electrons. The quantitative estimate of drug-likeness (QED) is 0.792. The lowest BCUT2D eigenvalue weighted by Crippen LogP contribution is -2.22. The van der Waals surface area contributed by atoms with Gasteiger partial charge in [0.15, 0.2) is 0 Å². The predicted octanol–water partition coefficient (Wildman–Crippen LogP) is 1.51. The molecule has 0 amide bonds. The van der Waals surface area contributed by atoms with Crippen LogP contribution >= 0.6 is 0 Å². The summed E-state index contributed by atoms with van der Waals surface area (Å²) in [5.41, 5.74) is 0. The van der Waals surface area contributed by atoms with E-state index in [0.717, 1.165) is 5.82 Å². The molecule has 1 aromatic rings. The number of aliphatic hydroxyl groups is 1. The van der Waals surface area contributed by atoms with Gasteiger partial charge in [0, 0.05) is 25.9 Å². The van der Waals surface area contributed by atoms with Gasteiger partial charge in [-0.05, 0) is 18.8 Å². The lowest BCUT2D eigenvalue weighted by molar-refractivity contribution is 0.108. The van der Waals surface area contributed by atoms with Gasteiger partial charge in [-0.25, -0.2) is 4.98 Å². The largest absolute Gasteiger partial charge is 0.392 e. The SMILES string of the molecule is Cn1ccnc1CC(O)C1CCCC1. The Hall–Kier alpha value is -0.830. The summed E-state index contributed by atoms with van der Waals surface area (Å²) in [5, 5.41) is 9.99. The maximum Gasteiger partial charge on any atom is 0.110 e. The Kier molecular flexibility index (Phi) is 2.87. The van der Waals surface area contributed by atoms with E-state index in [1.165, 1.54) is 25.7 Å². The summed E-state index contributed by atoms with van der Waals surface area (Å²) in [6.45, 7) is 0. The van der Waals surface area contributed by atoms with E-state index in [1.54, 1.807) is 6.20 Å². The summed E-state index contributed by atoms with van der Waals surface area (Å²) < 4.78 is 1.98. The zero-order chi connectivity index (χ0) is 9.97. The molecule has 1 heterocycles. The predicted molar refractivity (Wildman–Crippen MR) is 54.9 cm³/mol. The highest BCUT2D eigenvalue weighted by molar-refractivity contribution is 4.94. The molecule has 0 spiro atoms. The Labute approximate surface area is 84.8 Å². The molecule has 78 valence electrons. The number of nitrogens with zero attached hydrogens (tertiary/aromatic N) is 2. The van der Waals surface area contributed by atoms with Crippen LogP contribution in [0.15, 0.2) is 12.4 Å². The smallest absolute Gasteiger partial charge is 0.110 e. The van der Waals surface area contributed by atoms with E-state index < -0.39 is 0 Å². The van der Waals surface area contributed by atoms with Crippen LogP contribution in [0.1, 0.15) is 31.5 Å².